The first-order valence-electron chi connectivity index (χ1n) is 13.4. The van der Waals surface area contributed by atoms with Crippen molar-refractivity contribution in [2.24, 2.45) is 35.0 Å². The van der Waals surface area contributed by atoms with Gasteiger partial charge in [0.15, 0.2) is 0 Å². The molecule has 1 spiro atoms. The van der Waals surface area contributed by atoms with Crippen molar-refractivity contribution < 1.29 is 15.1 Å². The van der Waals surface area contributed by atoms with E-state index in [-0.39, 0.29) is 23.9 Å². The Morgan fingerprint density at radius 3 is 2.78 bits per heavy atom. The summed E-state index contributed by atoms with van der Waals surface area (Å²) in [6.45, 7) is 10.3. The Bertz CT molecular complexity index is 850. The molecule has 2 saturated carbocycles. The number of fused-ring (bicyclic) bond motifs is 6. The van der Waals surface area contributed by atoms with E-state index in [0.717, 1.165) is 50.5 Å². The van der Waals surface area contributed by atoms with E-state index in [9.17, 15) is 10.3 Å². The highest BCUT2D eigenvalue weighted by atomic mass is 16.5. The minimum Gasteiger partial charge on any atom is -0.389 e. The van der Waals surface area contributed by atoms with Gasteiger partial charge in [0.25, 0.3) is 0 Å². The van der Waals surface area contributed by atoms with E-state index in [0.29, 0.717) is 23.2 Å². The molecular formula is C28H43NO3. The minimum absolute atomic E-state index is 0.101. The molecule has 0 radical (unpaired) electrons. The molecule has 4 nitrogen and oxygen atoms in total. The van der Waals surface area contributed by atoms with Gasteiger partial charge in [-0.05, 0) is 93.8 Å². The zero-order chi connectivity index (χ0) is 22.4. The molecule has 0 aromatic rings. The first-order chi connectivity index (χ1) is 15.2. The van der Waals surface area contributed by atoms with E-state index in [1.165, 1.54) is 25.7 Å². The van der Waals surface area contributed by atoms with Crippen LogP contribution in [0.4, 0.5) is 0 Å². The Hall–Kier alpha value is -0.680. The fourth-order valence-electron chi connectivity index (χ4n) is 9.49. The predicted molar refractivity (Wildman–Crippen MR) is 125 cm³/mol. The molecular weight excluding hydrogens is 398 g/mol. The molecule has 2 saturated heterocycles. The summed E-state index contributed by atoms with van der Waals surface area (Å²) in [4.78, 5) is 0. The van der Waals surface area contributed by atoms with Gasteiger partial charge < -0.3 is 15.1 Å². The first kappa shape index (κ1) is 21.8. The molecule has 32 heavy (non-hydrogen) atoms. The van der Waals surface area contributed by atoms with Gasteiger partial charge in [-0.3, -0.25) is 0 Å². The van der Waals surface area contributed by atoms with E-state index in [4.69, 9.17) is 4.74 Å². The van der Waals surface area contributed by atoms with Crippen molar-refractivity contribution >= 4 is 0 Å². The molecule has 2 heterocycles. The summed E-state index contributed by atoms with van der Waals surface area (Å²) in [7, 11) is 0. The lowest BCUT2D eigenvalue weighted by Gasteiger charge is -2.49. The van der Waals surface area contributed by atoms with Gasteiger partial charge in [0.1, 0.15) is 0 Å². The lowest BCUT2D eigenvalue weighted by atomic mass is 9.56. The van der Waals surface area contributed by atoms with Crippen molar-refractivity contribution in [3.8, 4) is 0 Å². The summed E-state index contributed by atoms with van der Waals surface area (Å²) in [6.07, 6.45) is 12.5. The van der Waals surface area contributed by atoms with Gasteiger partial charge in [-0.15, -0.1) is 0 Å². The standard InChI is InChI=1S/C28H43NO3/c1-16-11-25-26(29(31)15-16)18(3)28(32-25)10-8-21-22-6-5-19-12-20(30)7-9-27(19,4)24(22)13-23(21)17(2)14-28/h12,16,18,20-22,24-26,30-31H,5-11,13-15H2,1-4H3/t16-,18+,20-,21-,22?,24-,25+,26-,27-,28-/m0/s1. The number of aliphatic hydroxyl groups is 1. The number of allylic oxidation sites excluding steroid dienone is 2. The maximum absolute atomic E-state index is 10.8. The van der Waals surface area contributed by atoms with Crippen LogP contribution in [-0.2, 0) is 4.74 Å². The van der Waals surface area contributed by atoms with Gasteiger partial charge in [0, 0.05) is 12.5 Å². The normalized spacial score (nSPS) is 53.4. The van der Waals surface area contributed by atoms with Crippen molar-refractivity contribution in [3.05, 3.63) is 22.8 Å². The number of hydroxylamine groups is 2. The van der Waals surface area contributed by atoms with Crippen molar-refractivity contribution in [2.75, 3.05) is 6.54 Å². The second-order valence-corrected chi connectivity index (χ2v) is 12.8. The third kappa shape index (κ3) is 3.01. The van der Waals surface area contributed by atoms with Crippen LogP contribution in [-0.4, -0.2) is 45.8 Å². The average Bonchev–Trinajstić information content (AvgIpc) is 3.19. The Morgan fingerprint density at radius 2 is 1.97 bits per heavy atom. The van der Waals surface area contributed by atoms with E-state index in [2.05, 4.69) is 33.8 Å². The highest BCUT2D eigenvalue weighted by Gasteiger charge is 2.59. The van der Waals surface area contributed by atoms with E-state index < -0.39 is 0 Å². The Balaban J connectivity index is 1.30. The fraction of sp³-hybridized carbons (Fsp3) is 0.857. The van der Waals surface area contributed by atoms with Crippen molar-refractivity contribution in [3.63, 3.8) is 0 Å². The number of piperidine rings is 1. The number of nitrogens with zero attached hydrogens (tertiary/aromatic N) is 1. The van der Waals surface area contributed by atoms with Gasteiger partial charge in [0.2, 0.25) is 0 Å². The molecule has 178 valence electrons. The van der Waals surface area contributed by atoms with Crippen LogP contribution in [0.5, 0.6) is 0 Å². The molecule has 2 aliphatic heterocycles. The molecule has 0 aromatic carbocycles. The monoisotopic (exact) mass is 441 g/mol. The van der Waals surface area contributed by atoms with Crippen molar-refractivity contribution in [1.29, 1.82) is 0 Å². The van der Waals surface area contributed by atoms with E-state index >= 15 is 0 Å². The fourth-order valence-corrected chi connectivity index (χ4v) is 9.49. The van der Waals surface area contributed by atoms with E-state index in [1.54, 1.807) is 21.8 Å². The summed E-state index contributed by atoms with van der Waals surface area (Å²) in [6, 6.07) is 0.157. The maximum atomic E-state index is 10.8. The average molecular weight is 442 g/mol. The highest BCUT2D eigenvalue weighted by Crippen LogP contribution is 2.64. The first-order valence-corrected chi connectivity index (χ1v) is 13.4. The quantitative estimate of drug-likeness (QED) is 0.488. The van der Waals surface area contributed by atoms with Gasteiger partial charge in [-0.1, -0.05) is 43.6 Å². The van der Waals surface area contributed by atoms with Gasteiger partial charge in [0.05, 0.1) is 23.9 Å². The van der Waals surface area contributed by atoms with Gasteiger partial charge in [-0.2, -0.15) is 5.06 Å². The highest BCUT2D eigenvalue weighted by molar-refractivity contribution is 5.33. The predicted octanol–water partition coefficient (Wildman–Crippen LogP) is 5.49. The molecule has 1 unspecified atom stereocenters. The third-order valence-electron chi connectivity index (χ3n) is 11.2. The Labute approximate surface area is 194 Å². The summed E-state index contributed by atoms with van der Waals surface area (Å²) in [5.41, 5.74) is 5.09. The van der Waals surface area contributed by atoms with Crippen LogP contribution in [0.1, 0.15) is 85.5 Å². The van der Waals surface area contributed by atoms with Gasteiger partial charge in [-0.25, -0.2) is 0 Å². The van der Waals surface area contributed by atoms with Crippen LogP contribution < -0.4 is 0 Å². The lowest BCUT2D eigenvalue weighted by Crippen LogP contribution is -2.50. The van der Waals surface area contributed by atoms with Crippen LogP contribution in [0.3, 0.4) is 0 Å². The SMILES string of the molecule is CC1=C2C[C@H]3C(CCC4=C[C@@H](O)CC[C@@]43C)[C@@H]2CC[C@@]2(C1)O[C@@H]1C[C@H](C)CN(O)[C@H]1[C@H]2C. The molecule has 4 heteroatoms. The molecule has 4 aliphatic carbocycles. The Kier molecular flexibility index (Phi) is 5.05. The number of hydrogen-bond donors (Lipinski definition) is 2. The van der Waals surface area contributed by atoms with E-state index in [1.807, 2.05) is 0 Å². The van der Waals surface area contributed by atoms with Crippen LogP contribution in [0.25, 0.3) is 0 Å². The van der Waals surface area contributed by atoms with Gasteiger partial charge >= 0.3 is 0 Å². The maximum Gasteiger partial charge on any atom is 0.0768 e. The Morgan fingerprint density at radius 1 is 1.16 bits per heavy atom. The summed E-state index contributed by atoms with van der Waals surface area (Å²) < 4.78 is 6.94. The number of hydrogen-bond acceptors (Lipinski definition) is 4. The lowest BCUT2D eigenvalue weighted by molar-refractivity contribution is -0.178. The molecule has 6 rings (SSSR count). The molecule has 4 fully saturated rings. The summed E-state index contributed by atoms with van der Waals surface area (Å²) in [5, 5.41) is 22.6. The topological polar surface area (TPSA) is 52.9 Å². The number of ether oxygens (including phenoxy) is 1. The van der Waals surface area contributed by atoms with Crippen LogP contribution in [0.15, 0.2) is 22.8 Å². The second kappa shape index (κ2) is 7.41. The zero-order valence-electron chi connectivity index (χ0n) is 20.5. The molecule has 6 aliphatic rings. The summed E-state index contributed by atoms with van der Waals surface area (Å²) in [5.74, 6) is 3.12. The largest absolute Gasteiger partial charge is 0.389 e. The molecule has 0 amide bonds. The van der Waals surface area contributed by atoms with Crippen molar-refractivity contribution in [1.82, 2.24) is 5.06 Å². The summed E-state index contributed by atoms with van der Waals surface area (Å²) >= 11 is 0. The molecule has 0 aromatic heterocycles. The third-order valence-corrected chi connectivity index (χ3v) is 11.2. The molecule has 2 N–H and O–H groups in total. The van der Waals surface area contributed by atoms with Crippen molar-refractivity contribution in [2.45, 2.75) is 109 Å². The van der Waals surface area contributed by atoms with Crippen LogP contribution in [0, 0.1) is 35.0 Å². The minimum atomic E-state index is -0.222. The molecule has 0 bridgehead atoms. The number of rotatable bonds is 0. The molecule has 10 atom stereocenters. The number of aliphatic hydroxyl groups excluding tert-OH is 1. The zero-order valence-corrected chi connectivity index (χ0v) is 20.5. The van der Waals surface area contributed by atoms with Crippen LogP contribution >= 0.6 is 0 Å². The second-order valence-electron chi connectivity index (χ2n) is 12.8. The van der Waals surface area contributed by atoms with Crippen LogP contribution in [0.2, 0.25) is 0 Å². The smallest absolute Gasteiger partial charge is 0.0768 e.